The van der Waals surface area contributed by atoms with Crippen molar-refractivity contribution in [2.45, 2.75) is 13.0 Å². The van der Waals surface area contributed by atoms with Gasteiger partial charge in [-0.2, -0.15) is 5.10 Å². The third kappa shape index (κ3) is 3.20. The van der Waals surface area contributed by atoms with Gasteiger partial charge in [0.2, 0.25) is 0 Å². The lowest BCUT2D eigenvalue weighted by atomic mass is 9.83. The van der Waals surface area contributed by atoms with Crippen LogP contribution >= 0.6 is 0 Å². The van der Waals surface area contributed by atoms with Crippen LogP contribution < -0.4 is 5.32 Å². The fourth-order valence-electron chi connectivity index (χ4n) is 3.13. The fourth-order valence-corrected chi connectivity index (χ4v) is 3.13. The predicted molar refractivity (Wildman–Crippen MR) is 102 cm³/mol. The van der Waals surface area contributed by atoms with E-state index in [4.69, 9.17) is 4.74 Å². The number of hydrogen-bond acceptors (Lipinski definition) is 6. The summed E-state index contributed by atoms with van der Waals surface area (Å²) in [6.07, 6.45) is 0.251. The average molecular weight is 389 g/mol. The number of aromatic nitrogens is 2. The molecule has 1 atom stereocenters. The zero-order valence-electron chi connectivity index (χ0n) is 15.3. The van der Waals surface area contributed by atoms with Gasteiger partial charge in [-0.15, -0.1) is 0 Å². The molecule has 8 nitrogen and oxygen atoms in total. The first-order valence-electron chi connectivity index (χ1n) is 8.80. The second kappa shape index (κ2) is 7.16. The lowest BCUT2D eigenvalue weighted by molar-refractivity contribution is -0.123. The molecule has 0 spiro atoms. The number of ether oxygens (including phenoxy) is 1. The number of benzene rings is 2. The van der Waals surface area contributed by atoms with Crippen LogP contribution in [-0.2, 0) is 9.53 Å². The highest BCUT2D eigenvalue weighted by atomic mass is 16.5. The van der Waals surface area contributed by atoms with Gasteiger partial charge in [0.1, 0.15) is 5.69 Å². The van der Waals surface area contributed by atoms with Gasteiger partial charge in [-0.25, -0.2) is 4.79 Å². The smallest absolute Gasteiger partial charge is 0.357 e. The summed E-state index contributed by atoms with van der Waals surface area (Å²) in [5.41, 5.74) is 1.25. The molecule has 1 heterocycles. The molecule has 0 bridgehead atoms. The maximum atomic E-state index is 13.0. The molecule has 0 radical (unpaired) electrons. The van der Waals surface area contributed by atoms with E-state index in [0.717, 1.165) is 0 Å². The zero-order valence-corrected chi connectivity index (χ0v) is 15.3. The number of fused-ring (bicyclic) bond motifs is 2. The van der Waals surface area contributed by atoms with Gasteiger partial charge in [-0.3, -0.25) is 19.5 Å². The lowest BCUT2D eigenvalue weighted by Gasteiger charge is -2.21. The Morgan fingerprint density at radius 2 is 1.66 bits per heavy atom. The summed E-state index contributed by atoms with van der Waals surface area (Å²) >= 11 is 0. The van der Waals surface area contributed by atoms with Crippen molar-refractivity contribution in [3.63, 3.8) is 0 Å². The molecule has 3 aromatic rings. The number of esters is 1. The topological polar surface area (TPSA) is 118 Å². The van der Waals surface area contributed by atoms with Crippen molar-refractivity contribution in [3.05, 3.63) is 82.7 Å². The maximum absolute atomic E-state index is 13.0. The standard InChI is InChI=1S/C21H15N3O5/c1-11(29-21(28)16-9-10-22-24-16)20(27)23-15-8-4-7-14-17(15)19(26)13-6-3-2-5-12(13)18(14)25/h2-11H,1H3,(H,22,24)(H,23,27). The van der Waals surface area contributed by atoms with E-state index in [1.807, 2.05) is 0 Å². The van der Waals surface area contributed by atoms with Gasteiger partial charge >= 0.3 is 5.97 Å². The van der Waals surface area contributed by atoms with Gasteiger partial charge in [-0.05, 0) is 19.1 Å². The number of anilines is 1. The highest BCUT2D eigenvalue weighted by molar-refractivity contribution is 6.30. The van der Waals surface area contributed by atoms with E-state index in [1.54, 1.807) is 36.4 Å². The minimum Gasteiger partial charge on any atom is -0.448 e. The molecule has 0 saturated heterocycles. The van der Waals surface area contributed by atoms with Crippen molar-refractivity contribution in [1.29, 1.82) is 0 Å². The summed E-state index contributed by atoms with van der Waals surface area (Å²) in [7, 11) is 0. The SMILES string of the molecule is CC(OC(=O)c1ccn[nH]1)C(=O)Nc1cccc2c1C(=O)c1ccccc1C2=O. The Balaban J connectivity index is 1.59. The normalized spacial score (nSPS) is 13.3. The number of carbonyl (C=O) groups excluding carboxylic acids is 4. The number of amides is 1. The highest BCUT2D eigenvalue weighted by Gasteiger charge is 2.32. The first-order chi connectivity index (χ1) is 14.0. The Morgan fingerprint density at radius 1 is 0.966 bits per heavy atom. The van der Waals surface area contributed by atoms with Gasteiger partial charge in [0, 0.05) is 22.9 Å². The quantitative estimate of drug-likeness (QED) is 0.517. The number of ketones is 2. The molecule has 144 valence electrons. The Labute approximate surface area is 164 Å². The van der Waals surface area contributed by atoms with Crippen LogP contribution in [0.25, 0.3) is 0 Å². The summed E-state index contributed by atoms with van der Waals surface area (Å²) in [5.74, 6) is -2.01. The Bertz CT molecular complexity index is 1150. The third-order valence-corrected chi connectivity index (χ3v) is 4.58. The van der Waals surface area contributed by atoms with Gasteiger partial charge in [0.15, 0.2) is 17.7 Å². The van der Waals surface area contributed by atoms with Gasteiger partial charge in [0.25, 0.3) is 5.91 Å². The molecule has 0 saturated carbocycles. The van der Waals surface area contributed by atoms with E-state index in [1.165, 1.54) is 25.3 Å². The van der Waals surface area contributed by atoms with E-state index < -0.39 is 18.0 Å². The molecule has 2 N–H and O–H groups in total. The Hall–Kier alpha value is -4.07. The highest BCUT2D eigenvalue weighted by Crippen LogP contribution is 2.32. The van der Waals surface area contributed by atoms with E-state index in [2.05, 4.69) is 15.5 Å². The van der Waals surface area contributed by atoms with Crippen molar-refractivity contribution >= 4 is 29.1 Å². The van der Waals surface area contributed by atoms with Crippen molar-refractivity contribution < 1.29 is 23.9 Å². The largest absolute Gasteiger partial charge is 0.448 e. The molecule has 1 aliphatic rings. The van der Waals surface area contributed by atoms with Crippen LogP contribution in [0, 0.1) is 0 Å². The summed E-state index contributed by atoms with van der Waals surface area (Å²) in [6.45, 7) is 1.40. The number of aromatic amines is 1. The Kier molecular flexibility index (Phi) is 4.52. The lowest BCUT2D eigenvalue weighted by Crippen LogP contribution is -2.31. The van der Waals surface area contributed by atoms with Crippen molar-refractivity contribution in [3.8, 4) is 0 Å². The first kappa shape index (κ1) is 18.3. The number of hydrogen-bond donors (Lipinski definition) is 2. The number of nitrogens with zero attached hydrogens (tertiary/aromatic N) is 1. The number of carbonyl (C=O) groups is 4. The third-order valence-electron chi connectivity index (χ3n) is 4.58. The number of nitrogens with one attached hydrogen (secondary N) is 2. The molecule has 2 aromatic carbocycles. The van der Waals surface area contributed by atoms with Crippen LogP contribution in [0.2, 0.25) is 0 Å². The average Bonchev–Trinajstić information content (AvgIpc) is 3.27. The molecule has 4 rings (SSSR count). The van der Waals surface area contributed by atoms with Gasteiger partial charge in [-0.1, -0.05) is 36.4 Å². The molecule has 0 aliphatic heterocycles. The zero-order chi connectivity index (χ0) is 20.5. The van der Waals surface area contributed by atoms with Crippen LogP contribution in [0.15, 0.2) is 54.7 Å². The summed E-state index contributed by atoms with van der Waals surface area (Å²) in [4.78, 5) is 50.2. The molecule has 1 unspecified atom stereocenters. The van der Waals surface area contributed by atoms with Gasteiger partial charge in [0.05, 0.1) is 11.3 Å². The van der Waals surface area contributed by atoms with Gasteiger partial charge < -0.3 is 10.1 Å². The molecule has 1 amide bonds. The van der Waals surface area contributed by atoms with E-state index >= 15 is 0 Å². The maximum Gasteiger partial charge on any atom is 0.357 e. The molecule has 8 heteroatoms. The number of H-pyrrole nitrogens is 1. The van der Waals surface area contributed by atoms with Crippen molar-refractivity contribution in [2.24, 2.45) is 0 Å². The molecular formula is C21H15N3O5. The monoisotopic (exact) mass is 389 g/mol. The minimum atomic E-state index is -1.14. The van der Waals surface area contributed by atoms with Crippen LogP contribution in [0.4, 0.5) is 5.69 Å². The second-order valence-corrected chi connectivity index (χ2v) is 6.44. The Morgan fingerprint density at radius 3 is 2.34 bits per heavy atom. The minimum absolute atomic E-state index is 0.110. The molecule has 1 aliphatic carbocycles. The molecule has 0 fully saturated rings. The molecule has 29 heavy (non-hydrogen) atoms. The van der Waals surface area contributed by atoms with Crippen LogP contribution in [0.1, 0.15) is 49.3 Å². The van der Waals surface area contributed by atoms with E-state index in [9.17, 15) is 19.2 Å². The molecular weight excluding hydrogens is 374 g/mol. The van der Waals surface area contributed by atoms with Crippen molar-refractivity contribution in [1.82, 2.24) is 10.2 Å². The van der Waals surface area contributed by atoms with Crippen LogP contribution in [0.5, 0.6) is 0 Å². The van der Waals surface area contributed by atoms with E-state index in [0.29, 0.717) is 5.56 Å². The van der Waals surface area contributed by atoms with Crippen LogP contribution in [-0.4, -0.2) is 39.7 Å². The number of rotatable bonds is 4. The second-order valence-electron chi connectivity index (χ2n) is 6.44. The first-order valence-corrected chi connectivity index (χ1v) is 8.80. The summed E-state index contributed by atoms with van der Waals surface area (Å²) < 4.78 is 5.10. The summed E-state index contributed by atoms with van der Waals surface area (Å²) in [6, 6.07) is 12.6. The summed E-state index contributed by atoms with van der Waals surface area (Å²) in [5, 5.41) is 8.69. The fraction of sp³-hybridized carbons (Fsp3) is 0.0952. The van der Waals surface area contributed by atoms with Crippen molar-refractivity contribution in [2.75, 3.05) is 5.32 Å². The van der Waals surface area contributed by atoms with E-state index in [-0.39, 0.29) is 39.6 Å². The van der Waals surface area contributed by atoms with Crippen LogP contribution in [0.3, 0.4) is 0 Å². The molecule has 1 aromatic heterocycles. The predicted octanol–water partition coefficient (Wildman–Crippen LogP) is 2.37.